The number of ether oxygens (including phenoxy) is 1. The Bertz CT molecular complexity index is 362. The van der Waals surface area contributed by atoms with Gasteiger partial charge in [-0.25, -0.2) is 0 Å². The summed E-state index contributed by atoms with van der Waals surface area (Å²) >= 11 is 0. The molecule has 0 amide bonds. The zero-order valence-corrected chi connectivity index (χ0v) is 12.6. The highest BCUT2D eigenvalue weighted by molar-refractivity contribution is 5.80. The van der Waals surface area contributed by atoms with Gasteiger partial charge < -0.3 is 10.1 Å². The third kappa shape index (κ3) is 1.70. The Morgan fingerprint density at radius 1 is 1.33 bits per heavy atom. The first-order chi connectivity index (χ1) is 8.15. The summed E-state index contributed by atoms with van der Waals surface area (Å²) in [5.41, 5.74) is -0.152. The maximum Gasteiger partial charge on any atom is 0.326 e. The van der Waals surface area contributed by atoms with Crippen molar-refractivity contribution in [2.24, 2.45) is 16.7 Å². The van der Waals surface area contributed by atoms with E-state index in [0.717, 1.165) is 6.42 Å². The van der Waals surface area contributed by atoms with Gasteiger partial charge in [-0.2, -0.15) is 0 Å². The fourth-order valence-electron chi connectivity index (χ4n) is 3.69. The average Bonchev–Trinajstić information content (AvgIpc) is 2.62. The van der Waals surface area contributed by atoms with Crippen molar-refractivity contribution in [2.75, 3.05) is 7.05 Å². The summed E-state index contributed by atoms with van der Waals surface area (Å²) in [4.78, 5) is 12.2. The number of rotatable bonds is 3. The highest BCUT2D eigenvalue weighted by Crippen LogP contribution is 2.66. The van der Waals surface area contributed by atoms with Gasteiger partial charge >= 0.3 is 5.97 Å². The third-order valence-corrected chi connectivity index (χ3v) is 6.10. The molecule has 2 aliphatic rings. The van der Waals surface area contributed by atoms with Crippen molar-refractivity contribution in [3.8, 4) is 0 Å². The molecule has 0 aromatic rings. The number of carbonyl (C=O) groups excluding carboxylic acids is 1. The van der Waals surface area contributed by atoms with Gasteiger partial charge in [-0.3, -0.25) is 4.79 Å². The number of nitrogens with one attached hydrogen (secondary N) is 1. The molecule has 0 aromatic heterocycles. The van der Waals surface area contributed by atoms with Crippen molar-refractivity contribution in [1.82, 2.24) is 5.32 Å². The van der Waals surface area contributed by atoms with Crippen LogP contribution in [0.2, 0.25) is 0 Å². The van der Waals surface area contributed by atoms with Crippen molar-refractivity contribution < 1.29 is 9.53 Å². The van der Waals surface area contributed by atoms with Crippen LogP contribution in [0.25, 0.3) is 0 Å². The van der Waals surface area contributed by atoms with E-state index in [1.165, 1.54) is 12.8 Å². The van der Waals surface area contributed by atoms with Crippen molar-refractivity contribution in [2.45, 2.75) is 65.5 Å². The van der Waals surface area contributed by atoms with Crippen LogP contribution in [0.1, 0.15) is 53.9 Å². The second-order valence-electron chi connectivity index (χ2n) is 7.38. The number of esters is 1. The van der Waals surface area contributed by atoms with E-state index in [-0.39, 0.29) is 17.5 Å². The Hall–Kier alpha value is -0.570. The van der Waals surface area contributed by atoms with Gasteiger partial charge in [-0.05, 0) is 51.5 Å². The fraction of sp³-hybridized carbons (Fsp3) is 0.933. The highest BCUT2D eigenvalue weighted by atomic mass is 16.5. The van der Waals surface area contributed by atoms with E-state index in [4.69, 9.17) is 4.74 Å². The topological polar surface area (TPSA) is 38.3 Å². The maximum atomic E-state index is 12.2. The van der Waals surface area contributed by atoms with Crippen LogP contribution in [0.4, 0.5) is 0 Å². The quantitative estimate of drug-likeness (QED) is 0.786. The van der Waals surface area contributed by atoms with E-state index >= 15 is 0 Å². The molecular formula is C15H27NO2. The first kappa shape index (κ1) is 13.9. The van der Waals surface area contributed by atoms with Crippen molar-refractivity contribution >= 4 is 5.97 Å². The van der Waals surface area contributed by atoms with Gasteiger partial charge in [-0.1, -0.05) is 20.8 Å². The first-order valence-electron chi connectivity index (χ1n) is 7.05. The summed E-state index contributed by atoms with van der Waals surface area (Å²) < 4.78 is 5.84. The highest BCUT2D eigenvalue weighted by Gasteiger charge is 2.63. The summed E-state index contributed by atoms with van der Waals surface area (Å²) in [6.45, 7) is 10.7. The maximum absolute atomic E-state index is 12.2. The minimum atomic E-state index is -0.595. The van der Waals surface area contributed by atoms with E-state index in [0.29, 0.717) is 11.3 Å². The van der Waals surface area contributed by atoms with E-state index in [1.807, 2.05) is 13.8 Å². The monoisotopic (exact) mass is 253 g/mol. The minimum Gasteiger partial charge on any atom is -0.460 e. The van der Waals surface area contributed by atoms with Crippen LogP contribution in [-0.2, 0) is 9.53 Å². The van der Waals surface area contributed by atoms with Gasteiger partial charge in [-0.15, -0.1) is 0 Å². The smallest absolute Gasteiger partial charge is 0.326 e. The van der Waals surface area contributed by atoms with Crippen LogP contribution in [-0.4, -0.2) is 24.7 Å². The van der Waals surface area contributed by atoms with Crippen molar-refractivity contribution in [3.63, 3.8) is 0 Å². The van der Waals surface area contributed by atoms with Gasteiger partial charge in [0.2, 0.25) is 0 Å². The fourth-order valence-corrected chi connectivity index (χ4v) is 3.69. The molecule has 3 atom stereocenters. The molecule has 2 aliphatic carbocycles. The van der Waals surface area contributed by atoms with Gasteiger partial charge in [0.15, 0.2) is 0 Å². The second-order valence-corrected chi connectivity index (χ2v) is 7.38. The number of hydrogen-bond donors (Lipinski definition) is 1. The van der Waals surface area contributed by atoms with Crippen LogP contribution >= 0.6 is 0 Å². The molecule has 2 saturated carbocycles. The third-order valence-electron chi connectivity index (χ3n) is 6.10. The van der Waals surface area contributed by atoms with Crippen molar-refractivity contribution in [1.29, 1.82) is 0 Å². The van der Waals surface area contributed by atoms with Gasteiger partial charge in [0, 0.05) is 5.41 Å². The lowest BCUT2D eigenvalue weighted by Gasteiger charge is -2.39. The van der Waals surface area contributed by atoms with E-state index in [1.54, 1.807) is 7.05 Å². The lowest BCUT2D eigenvalue weighted by Crippen LogP contribution is -2.49. The van der Waals surface area contributed by atoms with Gasteiger partial charge in [0.05, 0.1) is 0 Å². The van der Waals surface area contributed by atoms with Crippen LogP contribution in [0, 0.1) is 16.7 Å². The standard InChI is InChI=1S/C15H27NO2/c1-13(2)10-7-8-15(13,5)11(9-10)18-12(17)14(3,4)16-6/h10-11,16H,7-9H2,1-6H3. The lowest BCUT2D eigenvalue weighted by molar-refractivity contribution is -0.163. The second kappa shape index (κ2) is 3.96. The molecule has 0 radical (unpaired) electrons. The number of fused-ring (bicyclic) bond motifs is 2. The van der Waals surface area contributed by atoms with Gasteiger partial charge in [0.25, 0.3) is 0 Å². The molecule has 0 spiro atoms. The predicted octanol–water partition coefficient (Wildman–Crippen LogP) is 2.74. The normalized spacial score (nSPS) is 37.9. The number of carbonyl (C=O) groups is 1. The van der Waals surface area contributed by atoms with E-state index in [9.17, 15) is 4.79 Å². The lowest BCUT2D eigenvalue weighted by atomic mass is 9.70. The van der Waals surface area contributed by atoms with E-state index < -0.39 is 5.54 Å². The molecule has 2 bridgehead atoms. The average molecular weight is 253 g/mol. The van der Waals surface area contributed by atoms with Crippen LogP contribution in [0.15, 0.2) is 0 Å². The first-order valence-corrected chi connectivity index (χ1v) is 7.05. The molecule has 0 saturated heterocycles. The van der Waals surface area contributed by atoms with Crippen LogP contribution in [0.3, 0.4) is 0 Å². The Balaban J connectivity index is 2.12. The van der Waals surface area contributed by atoms with Crippen molar-refractivity contribution in [3.05, 3.63) is 0 Å². The number of likely N-dealkylation sites (N-methyl/N-ethyl adjacent to an activating group) is 1. The Morgan fingerprint density at radius 3 is 2.33 bits per heavy atom. The molecule has 104 valence electrons. The predicted molar refractivity (Wildman–Crippen MR) is 72.2 cm³/mol. The molecule has 0 aliphatic heterocycles. The molecule has 2 rings (SSSR count). The van der Waals surface area contributed by atoms with Crippen LogP contribution in [0.5, 0.6) is 0 Å². The Morgan fingerprint density at radius 2 is 1.94 bits per heavy atom. The number of hydrogen-bond acceptors (Lipinski definition) is 3. The molecule has 3 unspecified atom stereocenters. The summed E-state index contributed by atoms with van der Waals surface area (Å²) in [5, 5.41) is 3.02. The van der Waals surface area contributed by atoms with Gasteiger partial charge in [0.1, 0.15) is 11.6 Å². The molecule has 2 fully saturated rings. The molecule has 3 heteroatoms. The molecule has 0 aromatic carbocycles. The molecule has 1 N–H and O–H groups in total. The molecule has 3 nitrogen and oxygen atoms in total. The van der Waals surface area contributed by atoms with Crippen LogP contribution < -0.4 is 5.32 Å². The summed E-state index contributed by atoms with van der Waals surface area (Å²) in [6.07, 6.45) is 3.59. The zero-order valence-electron chi connectivity index (χ0n) is 12.6. The molecule has 0 heterocycles. The molecule has 18 heavy (non-hydrogen) atoms. The van der Waals surface area contributed by atoms with E-state index in [2.05, 4.69) is 26.1 Å². The summed E-state index contributed by atoms with van der Waals surface area (Å²) in [5.74, 6) is 0.581. The Labute approximate surface area is 111 Å². The summed E-state index contributed by atoms with van der Waals surface area (Å²) in [7, 11) is 1.80. The largest absolute Gasteiger partial charge is 0.460 e. The minimum absolute atomic E-state index is 0.0892. The summed E-state index contributed by atoms with van der Waals surface area (Å²) in [6, 6.07) is 0. The SMILES string of the molecule is CNC(C)(C)C(=O)OC1CC2CCC1(C)C2(C)C. The Kier molecular flexibility index (Phi) is 3.05. The zero-order chi connectivity index (χ0) is 13.8. The molecular weight excluding hydrogens is 226 g/mol.